The van der Waals surface area contributed by atoms with Gasteiger partial charge in [-0.1, -0.05) is 0 Å². The molecule has 0 radical (unpaired) electrons. The Labute approximate surface area is 72.3 Å². The van der Waals surface area contributed by atoms with E-state index in [1.54, 1.807) is 6.92 Å². The molecule has 12 heavy (non-hydrogen) atoms. The number of carbonyl (C=O) groups excluding carboxylic acids is 2. The zero-order valence-electron chi connectivity index (χ0n) is 7.38. The van der Waals surface area contributed by atoms with Crippen molar-refractivity contribution >= 4 is 11.7 Å². The van der Waals surface area contributed by atoms with Gasteiger partial charge in [-0.05, 0) is 32.6 Å². The van der Waals surface area contributed by atoms with Crippen molar-refractivity contribution in [3.63, 3.8) is 0 Å². The molecule has 0 aliphatic heterocycles. The molecule has 0 aromatic heterocycles. The molecule has 2 N–H and O–H groups in total. The Kier molecular flexibility index (Phi) is 2.84. The minimum Gasteiger partial charge on any atom is -0.369 e. The average Bonchev–Trinajstić information content (AvgIpc) is 2.04. The maximum Gasteiger partial charge on any atom is 0.220 e. The maximum absolute atomic E-state index is 11.0. The van der Waals surface area contributed by atoms with Gasteiger partial charge in [-0.2, -0.15) is 0 Å². The number of nitrogens with two attached hydrogens (primary N) is 1. The second kappa shape index (κ2) is 3.70. The van der Waals surface area contributed by atoms with Crippen LogP contribution >= 0.6 is 0 Å². The Bertz CT molecular complexity index is 171. The zero-order valence-corrected chi connectivity index (χ0v) is 7.38. The van der Waals surface area contributed by atoms with Gasteiger partial charge in [0.1, 0.15) is 5.78 Å². The largest absolute Gasteiger partial charge is 0.369 e. The first-order chi connectivity index (χ1) is 5.61. The lowest BCUT2D eigenvalue weighted by atomic mass is 9.80. The van der Waals surface area contributed by atoms with Gasteiger partial charge < -0.3 is 5.73 Å². The molecule has 0 aromatic rings. The van der Waals surface area contributed by atoms with Crippen molar-refractivity contribution in [2.45, 2.75) is 32.6 Å². The molecular weight excluding hydrogens is 154 g/mol. The van der Waals surface area contributed by atoms with E-state index in [4.69, 9.17) is 5.73 Å². The van der Waals surface area contributed by atoms with Crippen molar-refractivity contribution in [3.05, 3.63) is 0 Å². The molecule has 0 unspecified atom stereocenters. The standard InChI is InChI=1S/C9H15NO2/c1-6(11)7-2-4-8(5-3-7)9(10)12/h7-8H,2-5H2,1H3,(H2,10,12)/t7-,8-. The first-order valence-corrected chi connectivity index (χ1v) is 4.41. The van der Waals surface area contributed by atoms with E-state index < -0.39 is 0 Å². The molecule has 0 aromatic carbocycles. The molecule has 1 amide bonds. The Morgan fingerprint density at radius 1 is 1.08 bits per heavy atom. The fourth-order valence-electron chi connectivity index (χ4n) is 1.78. The van der Waals surface area contributed by atoms with Crippen molar-refractivity contribution in [2.24, 2.45) is 17.6 Å². The van der Waals surface area contributed by atoms with E-state index in [2.05, 4.69) is 0 Å². The molecule has 0 spiro atoms. The molecule has 68 valence electrons. The van der Waals surface area contributed by atoms with E-state index in [9.17, 15) is 9.59 Å². The van der Waals surface area contributed by atoms with Crippen LogP contribution in [-0.2, 0) is 9.59 Å². The minimum atomic E-state index is -0.211. The number of ketones is 1. The van der Waals surface area contributed by atoms with Crippen molar-refractivity contribution in [2.75, 3.05) is 0 Å². The average molecular weight is 169 g/mol. The molecule has 1 fully saturated rings. The lowest BCUT2D eigenvalue weighted by Crippen LogP contribution is -2.29. The van der Waals surface area contributed by atoms with E-state index in [1.807, 2.05) is 0 Å². The van der Waals surface area contributed by atoms with Crippen LogP contribution in [0.3, 0.4) is 0 Å². The highest BCUT2D eigenvalue weighted by atomic mass is 16.1. The molecule has 0 atom stereocenters. The van der Waals surface area contributed by atoms with Crippen LogP contribution in [0.5, 0.6) is 0 Å². The highest BCUT2D eigenvalue weighted by Crippen LogP contribution is 2.28. The summed E-state index contributed by atoms with van der Waals surface area (Å²) in [5, 5.41) is 0. The predicted octanol–water partition coefficient (Wildman–Crippen LogP) is 0.867. The fraction of sp³-hybridized carbons (Fsp3) is 0.778. The maximum atomic E-state index is 11.0. The van der Waals surface area contributed by atoms with Crippen LogP contribution in [0.2, 0.25) is 0 Å². The van der Waals surface area contributed by atoms with E-state index >= 15 is 0 Å². The van der Waals surface area contributed by atoms with Crippen LogP contribution in [-0.4, -0.2) is 11.7 Å². The van der Waals surface area contributed by atoms with E-state index in [0.29, 0.717) is 0 Å². The second-order valence-electron chi connectivity index (χ2n) is 3.56. The molecule has 3 nitrogen and oxygen atoms in total. The SMILES string of the molecule is CC(=O)[C@H]1CC[C@H](C(N)=O)CC1. The van der Waals surface area contributed by atoms with Crippen LogP contribution in [0.4, 0.5) is 0 Å². The molecule has 1 rings (SSSR count). The molecule has 1 saturated carbocycles. The summed E-state index contributed by atoms with van der Waals surface area (Å²) < 4.78 is 0. The number of carbonyl (C=O) groups is 2. The first kappa shape index (κ1) is 9.23. The van der Waals surface area contributed by atoms with Gasteiger partial charge in [0.05, 0.1) is 0 Å². The van der Waals surface area contributed by atoms with E-state index in [-0.39, 0.29) is 23.5 Å². The minimum absolute atomic E-state index is 0.0144. The molecular formula is C9H15NO2. The van der Waals surface area contributed by atoms with Crippen molar-refractivity contribution in [1.82, 2.24) is 0 Å². The summed E-state index contributed by atoms with van der Waals surface area (Å²) in [5.74, 6) is 0.233. The quantitative estimate of drug-likeness (QED) is 0.666. The van der Waals surface area contributed by atoms with Crippen molar-refractivity contribution < 1.29 is 9.59 Å². The van der Waals surface area contributed by atoms with E-state index in [0.717, 1.165) is 25.7 Å². The molecule has 0 heterocycles. The predicted molar refractivity (Wildman–Crippen MR) is 45.3 cm³/mol. The number of primary amides is 1. The van der Waals surface area contributed by atoms with Gasteiger partial charge in [-0.25, -0.2) is 0 Å². The zero-order chi connectivity index (χ0) is 9.14. The van der Waals surface area contributed by atoms with Crippen LogP contribution in [0, 0.1) is 11.8 Å². The summed E-state index contributed by atoms with van der Waals surface area (Å²) in [6.07, 6.45) is 3.26. The van der Waals surface area contributed by atoms with Gasteiger partial charge in [0.15, 0.2) is 0 Å². The Balaban J connectivity index is 2.39. The number of Topliss-reactive ketones (excluding diaryl/α,β-unsaturated/α-hetero) is 1. The van der Waals surface area contributed by atoms with Gasteiger partial charge in [0.25, 0.3) is 0 Å². The van der Waals surface area contributed by atoms with Crippen LogP contribution in [0.15, 0.2) is 0 Å². The summed E-state index contributed by atoms with van der Waals surface area (Å²) in [6.45, 7) is 1.62. The lowest BCUT2D eigenvalue weighted by Gasteiger charge is -2.24. The van der Waals surface area contributed by atoms with Gasteiger partial charge in [0, 0.05) is 11.8 Å². The van der Waals surface area contributed by atoms with E-state index in [1.165, 1.54) is 0 Å². The van der Waals surface area contributed by atoms with Gasteiger partial charge in [-0.3, -0.25) is 9.59 Å². The molecule has 0 saturated heterocycles. The molecule has 1 aliphatic rings. The van der Waals surface area contributed by atoms with Crippen molar-refractivity contribution in [1.29, 1.82) is 0 Å². The topological polar surface area (TPSA) is 60.2 Å². The first-order valence-electron chi connectivity index (χ1n) is 4.41. The Morgan fingerprint density at radius 3 is 1.83 bits per heavy atom. The number of amides is 1. The van der Waals surface area contributed by atoms with Crippen LogP contribution in [0.1, 0.15) is 32.6 Å². The Hall–Kier alpha value is -0.860. The molecule has 3 heteroatoms. The third-order valence-electron chi connectivity index (χ3n) is 2.70. The second-order valence-corrected chi connectivity index (χ2v) is 3.56. The fourth-order valence-corrected chi connectivity index (χ4v) is 1.78. The van der Waals surface area contributed by atoms with Crippen LogP contribution in [0.25, 0.3) is 0 Å². The number of hydrogen-bond donors (Lipinski definition) is 1. The van der Waals surface area contributed by atoms with Gasteiger partial charge >= 0.3 is 0 Å². The normalized spacial score (nSPS) is 29.8. The smallest absolute Gasteiger partial charge is 0.220 e. The highest BCUT2D eigenvalue weighted by Gasteiger charge is 2.26. The highest BCUT2D eigenvalue weighted by molar-refractivity contribution is 5.80. The Morgan fingerprint density at radius 2 is 1.50 bits per heavy atom. The summed E-state index contributed by atoms with van der Waals surface area (Å²) in [5.41, 5.74) is 5.16. The van der Waals surface area contributed by atoms with Crippen molar-refractivity contribution in [3.8, 4) is 0 Å². The summed E-state index contributed by atoms with van der Waals surface area (Å²) >= 11 is 0. The summed E-state index contributed by atoms with van der Waals surface area (Å²) in [4.78, 5) is 21.7. The molecule has 0 bridgehead atoms. The molecule has 1 aliphatic carbocycles. The van der Waals surface area contributed by atoms with Gasteiger partial charge in [-0.15, -0.1) is 0 Å². The summed E-state index contributed by atoms with van der Waals surface area (Å²) in [6, 6.07) is 0. The van der Waals surface area contributed by atoms with Gasteiger partial charge in [0.2, 0.25) is 5.91 Å². The number of rotatable bonds is 2. The number of hydrogen-bond acceptors (Lipinski definition) is 2. The van der Waals surface area contributed by atoms with Crippen LogP contribution < -0.4 is 5.73 Å². The third-order valence-corrected chi connectivity index (χ3v) is 2.70. The monoisotopic (exact) mass is 169 g/mol. The third kappa shape index (κ3) is 2.06. The lowest BCUT2D eigenvalue weighted by molar-refractivity contribution is -0.126. The summed E-state index contributed by atoms with van der Waals surface area (Å²) in [7, 11) is 0.